The van der Waals surface area contributed by atoms with Gasteiger partial charge in [0.25, 0.3) is 0 Å². The van der Waals surface area contributed by atoms with Crippen molar-refractivity contribution in [3.05, 3.63) is 43.5 Å². The van der Waals surface area contributed by atoms with Crippen LogP contribution < -0.4 is 0 Å². The Morgan fingerprint density at radius 2 is 2.13 bits per heavy atom. The van der Waals surface area contributed by atoms with Crippen LogP contribution in [0.5, 0.6) is 0 Å². The van der Waals surface area contributed by atoms with Gasteiger partial charge >= 0.3 is 0 Å². The van der Waals surface area contributed by atoms with Gasteiger partial charge in [0.05, 0.1) is 0 Å². The van der Waals surface area contributed by atoms with Gasteiger partial charge < -0.3 is 0 Å². The number of rotatable bonds is 5. The molecule has 1 heterocycles. The van der Waals surface area contributed by atoms with Gasteiger partial charge in [0.1, 0.15) is 6.33 Å². The first-order valence-electron chi connectivity index (χ1n) is 4.51. The predicted molar refractivity (Wildman–Crippen MR) is 56.4 cm³/mol. The Labute approximate surface area is 87.9 Å². The summed E-state index contributed by atoms with van der Waals surface area (Å²) in [6.07, 6.45) is 6.18. The number of carbonyl (C=O) groups excluding carboxylic acids is 2. The monoisotopic (exact) mass is 204 g/mol. The van der Waals surface area contributed by atoms with Crippen molar-refractivity contribution in [2.45, 2.75) is 12.8 Å². The van der Waals surface area contributed by atoms with Crippen molar-refractivity contribution in [3.63, 3.8) is 0 Å². The summed E-state index contributed by atoms with van der Waals surface area (Å²) >= 11 is 0. The number of carbonyl (C=O) groups is 2. The quantitative estimate of drug-likeness (QED) is 0.541. The van der Waals surface area contributed by atoms with E-state index in [4.69, 9.17) is 0 Å². The van der Waals surface area contributed by atoms with Gasteiger partial charge in [-0.3, -0.25) is 14.2 Å². The second kappa shape index (κ2) is 5.05. The van der Waals surface area contributed by atoms with Crippen LogP contribution in [0.25, 0.3) is 0 Å². The van der Waals surface area contributed by atoms with E-state index in [1.165, 1.54) is 23.2 Å². The van der Waals surface area contributed by atoms with Crippen molar-refractivity contribution >= 4 is 11.7 Å². The zero-order chi connectivity index (χ0) is 11.3. The van der Waals surface area contributed by atoms with Gasteiger partial charge in [0.15, 0.2) is 5.78 Å². The zero-order valence-electron chi connectivity index (χ0n) is 8.35. The lowest BCUT2D eigenvalue weighted by atomic mass is 10.1. The third-order valence-electron chi connectivity index (χ3n) is 1.96. The van der Waals surface area contributed by atoms with Crippen LogP contribution in [0.2, 0.25) is 0 Å². The Balaban J connectivity index is 2.45. The average molecular weight is 204 g/mol. The van der Waals surface area contributed by atoms with Crippen LogP contribution in [-0.4, -0.2) is 21.2 Å². The number of hydrogen-bond acceptors (Lipinski definition) is 3. The molecule has 0 saturated heterocycles. The predicted octanol–water partition coefficient (Wildman–Crippen LogP) is 1.61. The first-order valence-corrected chi connectivity index (χ1v) is 4.51. The number of imidazole rings is 1. The molecule has 0 unspecified atom stereocenters. The Morgan fingerprint density at radius 3 is 2.67 bits per heavy atom. The summed E-state index contributed by atoms with van der Waals surface area (Å²) in [5.74, 6) is -0.309. The molecule has 1 rings (SSSR count). The molecule has 0 aliphatic carbocycles. The highest BCUT2D eigenvalue weighted by atomic mass is 16.2. The van der Waals surface area contributed by atoms with Crippen LogP contribution in [-0.2, 0) is 4.79 Å². The third kappa shape index (κ3) is 3.02. The molecule has 0 N–H and O–H groups in total. The van der Waals surface area contributed by atoms with Gasteiger partial charge in [-0.05, 0) is 0 Å². The minimum atomic E-state index is -0.155. The highest BCUT2D eigenvalue weighted by Gasteiger charge is 2.09. The van der Waals surface area contributed by atoms with Gasteiger partial charge in [-0.25, -0.2) is 4.98 Å². The topological polar surface area (TPSA) is 52.0 Å². The SMILES string of the molecule is C=CC(=C)C(=O)CCC(=O)n1ccnc1. The minimum Gasteiger partial charge on any atom is -0.294 e. The highest BCUT2D eigenvalue weighted by Crippen LogP contribution is 2.03. The summed E-state index contributed by atoms with van der Waals surface area (Å²) in [4.78, 5) is 26.5. The summed E-state index contributed by atoms with van der Waals surface area (Å²) < 4.78 is 1.35. The second-order valence-electron chi connectivity index (χ2n) is 3.02. The second-order valence-corrected chi connectivity index (χ2v) is 3.02. The number of Topliss-reactive ketones (excluding diaryl/α,β-unsaturated/α-hetero) is 1. The van der Waals surface area contributed by atoms with Crippen molar-refractivity contribution in [1.29, 1.82) is 0 Å². The van der Waals surface area contributed by atoms with E-state index >= 15 is 0 Å². The molecule has 0 saturated carbocycles. The fourth-order valence-corrected chi connectivity index (χ4v) is 1.03. The van der Waals surface area contributed by atoms with Crippen LogP contribution in [0.15, 0.2) is 43.5 Å². The summed E-state index contributed by atoms with van der Waals surface area (Å²) in [5.41, 5.74) is 0.341. The van der Waals surface area contributed by atoms with Gasteiger partial charge in [-0.1, -0.05) is 19.2 Å². The number of nitrogens with zero attached hydrogens (tertiary/aromatic N) is 2. The molecular formula is C11H12N2O2. The molecule has 4 nitrogen and oxygen atoms in total. The van der Waals surface area contributed by atoms with E-state index in [9.17, 15) is 9.59 Å². The number of allylic oxidation sites excluding steroid dienone is 2. The minimum absolute atomic E-state index is 0.154. The maximum Gasteiger partial charge on any atom is 0.232 e. The maximum atomic E-state index is 11.4. The molecule has 4 heteroatoms. The van der Waals surface area contributed by atoms with E-state index < -0.39 is 0 Å². The third-order valence-corrected chi connectivity index (χ3v) is 1.96. The molecule has 1 aromatic heterocycles. The lowest BCUT2D eigenvalue weighted by Gasteiger charge is -2.00. The molecule has 0 aliphatic heterocycles. The van der Waals surface area contributed by atoms with Gasteiger partial charge in [-0.2, -0.15) is 0 Å². The van der Waals surface area contributed by atoms with Crippen LogP contribution >= 0.6 is 0 Å². The van der Waals surface area contributed by atoms with Crippen LogP contribution in [0.3, 0.4) is 0 Å². The summed E-state index contributed by atoms with van der Waals surface area (Å²) in [6.45, 7) is 6.95. The van der Waals surface area contributed by atoms with Gasteiger partial charge in [0, 0.05) is 30.8 Å². The first-order chi connectivity index (χ1) is 7.15. The largest absolute Gasteiger partial charge is 0.294 e. The maximum absolute atomic E-state index is 11.4. The summed E-state index contributed by atoms with van der Waals surface area (Å²) in [5, 5.41) is 0. The Bertz CT molecular complexity index is 391. The van der Waals surface area contributed by atoms with E-state index in [-0.39, 0.29) is 24.5 Å². The Kier molecular flexibility index (Phi) is 3.74. The molecule has 0 fully saturated rings. The van der Waals surface area contributed by atoms with Crippen LogP contribution in [0, 0.1) is 0 Å². The molecular weight excluding hydrogens is 192 g/mol. The molecule has 0 aromatic carbocycles. The fourth-order valence-electron chi connectivity index (χ4n) is 1.03. The van der Waals surface area contributed by atoms with Crippen molar-refractivity contribution < 1.29 is 9.59 Å². The van der Waals surface area contributed by atoms with Crippen molar-refractivity contribution in [3.8, 4) is 0 Å². The molecule has 78 valence electrons. The molecule has 0 atom stereocenters. The van der Waals surface area contributed by atoms with Crippen LogP contribution in [0.4, 0.5) is 0 Å². The van der Waals surface area contributed by atoms with E-state index in [1.54, 1.807) is 6.20 Å². The smallest absolute Gasteiger partial charge is 0.232 e. The fraction of sp³-hybridized carbons (Fsp3) is 0.182. The standard InChI is InChI=1S/C11H12N2O2/c1-3-9(2)10(14)4-5-11(15)13-7-6-12-8-13/h3,6-8H,1-2,4-5H2. The normalized spacial score (nSPS) is 9.60. The lowest BCUT2D eigenvalue weighted by molar-refractivity contribution is -0.115. The highest BCUT2D eigenvalue weighted by molar-refractivity contribution is 5.99. The zero-order valence-corrected chi connectivity index (χ0v) is 8.35. The molecule has 0 aliphatic rings. The number of ketones is 1. The molecule has 15 heavy (non-hydrogen) atoms. The molecule has 0 radical (unpaired) electrons. The first kappa shape index (κ1) is 11.1. The van der Waals surface area contributed by atoms with Crippen molar-refractivity contribution in [1.82, 2.24) is 9.55 Å². The van der Waals surface area contributed by atoms with E-state index in [1.807, 2.05) is 0 Å². The Hall–Kier alpha value is -1.97. The summed E-state index contributed by atoms with van der Waals surface area (Å²) in [6, 6.07) is 0. The average Bonchev–Trinajstić information content (AvgIpc) is 2.77. The Morgan fingerprint density at radius 1 is 1.40 bits per heavy atom. The molecule has 0 bridgehead atoms. The van der Waals surface area contributed by atoms with Gasteiger partial charge in [-0.15, -0.1) is 0 Å². The van der Waals surface area contributed by atoms with Gasteiger partial charge in [0.2, 0.25) is 5.91 Å². The van der Waals surface area contributed by atoms with Crippen molar-refractivity contribution in [2.75, 3.05) is 0 Å². The van der Waals surface area contributed by atoms with Crippen molar-refractivity contribution in [2.24, 2.45) is 0 Å². The molecule has 0 spiro atoms. The van der Waals surface area contributed by atoms with E-state index in [0.717, 1.165) is 0 Å². The molecule has 0 amide bonds. The number of aromatic nitrogens is 2. The molecule has 1 aromatic rings. The van der Waals surface area contributed by atoms with E-state index in [2.05, 4.69) is 18.1 Å². The summed E-state index contributed by atoms with van der Waals surface area (Å²) in [7, 11) is 0. The van der Waals surface area contributed by atoms with E-state index in [0.29, 0.717) is 5.57 Å². The lowest BCUT2D eigenvalue weighted by Crippen LogP contribution is -2.11. The number of hydrogen-bond donors (Lipinski definition) is 0. The van der Waals surface area contributed by atoms with Crippen LogP contribution in [0.1, 0.15) is 17.6 Å².